The van der Waals surface area contributed by atoms with E-state index in [1.165, 1.54) is 0 Å². The van der Waals surface area contributed by atoms with Gasteiger partial charge in [0.2, 0.25) is 5.91 Å². The fourth-order valence-corrected chi connectivity index (χ4v) is 2.68. The Morgan fingerprint density at radius 1 is 1.32 bits per heavy atom. The first-order valence-corrected chi connectivity index (χ1v) is 6.41. The van der Waals surface area contributed by atoms with Crippen LogP contribution in [0, 0.1) is 16.7 Å². The number of amides is 1. The molecule has 0 aromatic heterocycles. The standard InChI is InChI=1S/C14H15N3O2/c15-8-10-2-1-3-11-12(10)17-13(18)14(9-16-11)4-6-19-7-5-14/h1-3,16H,4-7,9H2,(H,17,18). The highest BCUT2D eigenvalue weighted by molar-refractivity contribution is 6.01. The number of anilines is 2. The molecule has 0 radical (unpaired) electrons. The zero-order chi connectivity index (χ0) is 13.3. The van der Waals surface area contributed by atoms with Gasteiger partial charge in [-0.05, 0) is 25.0 Å². The van der Waals surface area contributed by atoms with Crippen LogP contribution in [0.25, 0.3) is 0 Å². The Hall–Kier alpha value is -2.06. The molecule has 2 heterocycles. The molecule has 1 amide bonds. The zero-order valence-corrected chi connectivity index (χ0v) is 10.5. The van der Waals surface area contributed by atoms with E-state index in [1.807, 2.05) is 12.1 Å². The summed E-state index contributed by atoms with van der Waals surface area (Å²) in [5, 5.41) is 15.3. The van der Waals surface area contributed by atoms with Crippen LogP contribution in [0.2, 0.25) is 0 Å². The van der Waals surface area contributed by atoms with Gasteiger partial charge in [0.05, 0.1) is 22.4 Å². The molecule has 0 saturated carbocycles. The second-order valence-electron chi connectivity index (χ2n) is 5.04. The Kier molecular flexibility index (Phi) is 2.88. The van der Waals surface area contributed by atoms with Gasteiger partial charge in [-0.2, -0.15) is 5.26 Å². The summed E-state index contributed by atoms with van der Waals surface area (Å²) in [6.45, 7) is 1.80. The molecule has 0 atom stereocenters. The molecular weight excluding hydrogens is 242 g/mol. The quantitative estimate of drug-likeness (QED) is 0.742. The maximum atomic E-state index is 12.5. The van der Waals surface area contributed by atoms with Crippen LogP contribution in [-0.2, 0) is 9.53 Å². The number of hydrogen-bond donors (Lipinski definition) is 2. The fraction of sp³-hybridized carbons (Fsp3) is 0.429. The van der Waals surface area contributed by atoms with Crippen molar-refractivity contribution < 1.29 is 9.53 Å². The van der Waals surface area contributed by atoms with E-state index in [2.05, 4.69) is 16.7 Å². The average molecular weight is 257 g/mol. The molecule has 3 rings (SSSR count). The largest absolute Gasteiger partial charge is 0.382 e. The highest BCUT2D eigenvalue weighted by Gasteiger charge is 2.42. The fourth-order valence-electron chi connectivity index (χ4n) is 2.68. The topological polar surface area (TPSA) is 74.2 Å². The van der Waals surface area contributed by atoms with Crippen molar-refractivity contribution in [3.8, 4) is 6.07 Å². The number of rotatable bonds is 0. The van der Waals surface area contributed by atoms with Gasteiger partial charge < -0.3 is 15.4 Å². The van der Waals surface area contributed by atoms with Crippen molar-refractivity contribution in [3.63, 3.8) is 0 Å². The first-order chi connectivity index (χ1) is 9.25. The molecular formula is C14H15N3O2. The van der Waals surface area contributed by atoms with Gasteiger partial charge in [0.25, 0.3) is 0 Å². The van der Waals surface area contributed by atoms with Gasteiger partial charge in [-0.25, -0.2) is 0 Å². The lowest BCUT2D eigenvalue weighted by atomic mass is 9.79. The Bertz CT molecular complexity index is 556. The molecule has 5 heteroatoms. The molecule has 1 saturated heterocycles. The number of fused-ring (bicyclic) bond motifs is 1. The van der Waals surface area contributed by atoms with Gasteiger partial charge in [0.1, 0.15) is 6.07 Å². The van der Waals surface area contributed by atoms with E-state index >= 15 is 0 Å². The number of para-hydroxylation sites is 1. The average Bonchev–Trinajstić information content (AvgIpc) is 2.58. The highest BCUT2D eigenvalue weighted by Crippen LogP contribution is 2.38. The molecule has 98 valence electrons. The predicted octanol–water partition coefficient (Wildman–Crippen LogP) is 1.72. The number of nitrogens with zero attached hydrogens (tertiary/aromatic N) is 1. The Morgan fingerprint density at radius 2 is 2.11 bits per heavy atom. The molecule has 5 nitrogen and oxygen atoms in total. The summed E-state index contributed by atoms with van der Waals surface area (Å²) in [5.41, 5.74) is 1.47. The molecule has 2 aliphatic heterocycles. The minimum absolute atomic E-state index is 0.00949. The summed E-state index contributed by atoms with van der Waals surface area (Å²) in [4.78, 5) is 12.5. The third-order valence-electron chi connectivity index (χ3n) is 3.97. The molecule has 0 aliphatic carbocycles. The number of hydrogen-bond acceptors (Lipinski definition) is 4. The Balaban J connectivity index is 1.98. The molecule has 0 unspecified atom stereocenters. The van der Waals surface area contributed by atoms with E-state index in [0.717, 1.165) is 5.69 Å². The SMILES string of the molecule is N#Cc1cccc2c1NC(=O)C1(CCOCC1)CN2. The second-order valence-corrected chi connectivity index (χ2v) is 5.04. The summed E-state index contributed by atoms with van der Waals surface area (Å²) in [7, 11) is 0. The van der Waals surface area contributed by atoms with Crippen LogP contribution in [0.3, 0.4) is 0 Å². The number of ether oxygens (including phenoxy) is 1. The van der Waals surface area contributed by atoms with Crippen LogP contribution in [0.15, 0.2) is 18.2 Å². The maximum absolute atomic E-state index is 12.5. The third kappa shape index (κ3) is 1.94. The molecule has 0 bridgehead atoms. The lowest BCUT2D eigenvalue weighted by Crippen LogP contribution is -2.44. The molecule has 1 fully saturated rings. The number of nitriles is 1. The second kappa shape index (κ2) is 4.56. The van der Waals surface area contributed by atoms with Crippen LogP contribution in [-0.4, -0.2) is 25.7 Å². The normalized spacial score (nSPS) is 20.7. The van der Waals surface area contributed by atoms with Gasteiger partial charge in [-0.3, -0.25) is 4.79 Å². The van der Waals surface area contributed by atoms with Crippen molar-refractivity contribution in [1.29, 1.82) is 5.26 Å². The van der Waals surface area contributed by atoms with Crippen molar-refractivity contribution in [2.24, 2.45) is 5.41 Å². The molecule has 19 heavy (non-hydrogen) atoms. The summed E-state index contributed by atoms with van der Waals surface area (Å²) in [6.07, 6.45) is 1.42. The zero-order valence-electron chi connectivity index (χ0n) is 10.5. The minimum Gasteiger partial charge on any atom is -0.382 e. The van der Waals surface area contributed by atoms with E-state index in [4.69, 9.17) is 10.00 Å². The predicted molar refractivity (Wildman–Crippen MR) is 70.8 cm³/mol. The van der Waals surface area contributed by atoms with Crippen LogP contribution < -0.4 is 10.6 Å². The van der Waals surface area contributed by atoms with Crippen molar-refractivity contribution in [1.82, 2.24) is 0 Å². The van der Waals surface area contributed by atoms with Gasteiger partial charge >= 0.3 is 0 Å². The van der Waals surface area contributed by atoms with Crippen LogP contribution in [0.4, 0.5) is 11.4 Å². The highest BCUT2D eigenvalue weighted by atomic mass is 16.5. The summed E-state index contributed by atoms with van der Waals surface area (Å²) in [5.74, 6) is -0.00949. The van der Waals surface area contributed by atoms with E-state index in [1.54, 1.807) is 6.07 Å². The number of benzene rings is 1. The third-order valence-corrected chi connectivity index (χ3v) is 3.97. The summed E-state index contributed by atoms with van der Waals surface area (Å²) < 4.78 is 5.35. The van der Waals surface area contributed by atoms with E-state index in [0.29, 0.717) is 43.9 Å². The first kappa shape index (κ1) is 12.0. The Labute approximate surface area is 111 Å². The molecule has 2 N–H and O–H groups in total. The lowest BCUT2D eigenvalue weighted by Gasteiger charge is -2.34. The van der Waals surface area contributed by atoms with E-state index < -0.39 is 5.41 Å². The van der Waals surface area contributed by atoms with Crippen LogP contribution in [0.1, 0.15) is 18.4 Å². The number of carbonyl (C=O) groups is 1. The van der Waals surface area contributed by atoms with E-state index in [-0.39, 0.29) is 5.91 Å². The summed E-state index contributed by atoms with van der Waals surface area (Å²) in [6, 6.07) is 7.53. The van der Waals surface area contributed by atoms with Crippen molar-refractivity contribution >= 4 is 17.3 Å². The molecule has 1 aromatic rings. The molecule has 2 aliphatic rings. The maximum Gasteiger partial charge on any atom is 0.232 e. The summed E-state index contributed by atoms with van der Waals surface area (Å²) >= 11 is 0. The van der Waals surface area contributed by atoms with Gasteiger partial charge in [0, 0.05) is 19.8 Å². The number of nitrogens with one attached hydrogen (secondary N) is 2. The van der Waals surface area contributed by atoms with Gasteiger partial charge in [-0.15, -0.1) is 0 Å². The number of carbonyl (C=O) groups excluding carboxylic acids is 1. The van der Waals surface area contributed by atoms with Gasteiger partial charge in [-0.1, -0.05) is 6.07 Å². The minimum atomic E-state index is -0.427. The smallest absolute Gasteiger partial charge is 0.232 e. The van der Waals surface area contributed by atoms with Crippen molar-refractivity contribution in [2.75, 3.05) is 30.4 Å². The first-order valence-electron chi connectivity index (χ1n) is 6.41. The molecule has 1 spiro atoms. The van der Waals surface area contributed by atoms with Crippen molar-refractivity contribution in [3.05, 3.63) is 23.8 Å². The Morgan fingerprint density at radius 3 is 2.84 bits per heavy atom. The van der Waals surface area contributed by atoms with Crippen molar-refractivity contribution in [2.45, 2.75) is 12.8 Å². The van der Waals surface area contributed by atoms with Crippen LogP contribution >= 0.6 is 0 Å². The van der Waals surface area contributed by atoms with Gasteiger partial charge in [0.15, 0.2) is 0 Å². The molecule has 1 aromatic carbocycles. The monoisotopic (exact) mass is 257 g/mol. The van der Waals surface area contributed by atoms with Crippen LogP contribution in [0.5, 0.6) is 0 Å². The lowest BCUT2D eigenvalue weighted by molar-refractivity contribution is -0.129. The van der Waals surface area contributed by atoms with E-state index in [9.17, 15) is 4.79 Å².